The Morgan fingerprint density at radius 1 is 0.903 bits per heavy atom. The molecule has 0 bridgehead atoms. The highest BCUT2D eigenvalue weighted by molar-refractivity contribution is 7.80. The zero-order valence-corrected chi connectivity index (χ0v) is 16.7. The lowest BCUT2D eigenvalue weighted by atomic mass is 10.1. The summed E-state index contributed by atoms with van der Waals surface area (Å²) in [4.78, 5) is 0. The normalized spacial score (nSPS) is 11.0. The summed E-state index contributed by atoms with van der Waals surface area (Å²) in [6.45, 7) is 2.23. The molecule has 0 aliphatic rings. The number of rotatable bonds is 4. The van der Waals surface area contributed by atoms with Crippen LogP contribution in [-0.4, -0.2) is 14.9 Å². The zero-order chi connectivity index (χ0) is 23.0. The lowest BCUT2D eigenvalue weighted by Gasteiger charge is -2.12. The molecule has 0 spiro atoms. The Labute approximate surface area is 176 Å². The van der Waals surface area contributed by atoms with Crippen LogP contribution in [0.3, 0.4) is 0 Å². The van der Waals surface area contributed by atoms with Crippen molar-refractivity contribution >= 4 is 28.7 Å². The minimum absolute atomic E-state index is 0.104. The third kappa shape index (κ3) is 4.33. The van der Waals surface area contributed by atoms with Gasteiger partial charge in [-0.3, -0.25) is 4.68 Å². The number of nitrogens with zero attached hydrogens (tertiary/aromatic N) is 2. The van der Waals surface area contributed by atoms with Crippen LogP contribution in [0.4, 0.5) is 42.1 Å². The fourth-order valence-electron chi connectivity index (χ4n) is 2.83. The lowest BCUT2D eigenvalue weighted by molar-refractivity contribution is 0.366. The average Bonchev–Trinajstić information content (AvgIpc) is 2.97. The van der Waals surface area contributed by atoms with Gasteiger partial charge in [0.2, 0.25) is 5.82 Å². The second-order valence-corrected chi connectivity index (χ2v) is 6.86. The van der Waals surface area contributed by atoms with Crippen LogP contribution in [-0.2, 0) is 6.54 Å². The third-order valence-corrected chi connectivity index (χ3v) is 4.61. The quantitative estimate of drug-likeness (QED) is 0.238. The molecule has 2 N–H and O–H groups in total. The summed E-state index contributed by atoms with van der Waals surface area (Å²) in [5.41, 5.74) is -0.357. The summed E-state index contributed by atoms with van der Waals surface area (Å²) in [7, 11) is 0. The average molecular weight is 462 g/mol. The molecular weight excluding hydrogens is 449 g/mol. The summed E-state index contributed by atoms with van der Waals surface area (Å²) in [6, 6.07) is 2.81. The first-order chi connectivity index (χ1) is 14.5. The maximum atomic E-state index is 14.0. The molecule has 0 amide bonds. The Morgan fingerprint density at radius 2 is 1.48 bits per heavy atom. The van der Waals surface area contributed by atoms with Crippen LogP contribution in [0, 0.1) is 54.6 Å². The minimum Gasteiger partial charge on any atom is -0.330 e. The van der Waals surface area contributed by atoms with Crippen molar-refractivity contribution in [2.24, 2.45) is 0 Å². The van der Waals surface area contributed by atoms with E-state index in [1.165, 1.54) is 13.8 Å². The van der Waals surface area contributed by atoms with Crippen LogP contribution in [0.2, 0.25) is 0 Å². The van der Waals surface area contributed by atoms with Crippen LogP contribution < -0.4 is 10.6 Å². The molecule has 0 aliphatic carbocycles. The van der Waals surface area contributed by atoms with Crippen LogP contribution in [0.5, 0.6) is 0 Å². The van der Waals surface area contributed by atoms with Crippen LogP contribution in [0.25, 0.3) is 0 Å². The second kappa shape index (κ2) is 8.53. The van der Waals surface area contributed by atoms with Gasteiger partial charge in [0.25, 0.3) is 0 Å². The van der Waals surface area contributed by atoms with Crippen molar-refractivity contribution in [2.75, 3.05) is 10.6 Å². The van der Waals surface area contributed by atoms with Crippen molar-refractivity contribution in [2.45, 2.75) is 20.4 Å². The van der Waals surface area contributed by atoms with E-state index >= 15 is 0 Å². The van der Waals surface area contributed by atoms with Crippen molar-refractivity contribution in [1.29, 1.82) is 0 Å². The summed E-state index contributed by atoms with van der Waals surface area (Å²) in [6.07, 6.45) is 0. The van der Waals surface area contributed by atoms with Crippen molar-refractivity contribution in [3.8, 4) is 0 Å². The summed E-state index contributed by atoms with van der Waals surface area (Å²) in [5, 5.41) is 9.16. The van der Waals surface area contributed by atoms with E-state index in [-0.39, 0.29) is 27.9 Å². The Hall–Kier alpha value is -3.15. The monoisotopic (exact) mass is 462 g/mol. The Kier molecular flexibility index (Phi) is 6.20. The number of nitrogens with one attached hydrogen (secondary N) is 2. The third-order valence-electron chi connectivity index (χ3n) is 4.41. The molecule has 0 fully saturated rings. The van der Waals surface area contributed by atoms with Gasteiger partial charge in [0, 0.05) is 6.07 Å². The Balaban J connectivity index is 1.86. The molecule has 31 heavy (non-hydrogen) atoms. The minimum atomic E-state index is -2.25. The fourth-order valence-corrected chi connectivity index (χ4v) is 3.04. The highest BCUT2D eigenvalue weighted by atomic mass is 32.1. The topological polar surface area (TPSA) is 41.9 Å². The van der Waals surface area contributed by atoms with Crippen molar-refractivity contribution in [1.82, 2.24) is 9.78 Å². The van der Waals surface area contributed by atoms with E-state index in [2.05, 4.69) is 15.7 Å². The van der Waals surface area contributed by atoms with Crippen molar-refractivity contribution in [3.63, 3.8) is 0 Å². The molecule has 12 heteroatoms. The molecule has 3 aromatic rings. The number of anilines is 2. The first kappa shape index (κ1) is 22.5. The maximum Gasteiger partial charge on any atom is 0.200 e. The van der Waals surface area contributed by atoms with Crippen molar-refractivity contribution in [3.05, 3.63) is 75.9 Å². The number of hydrogen-bond donors (Lipinski definition) is 2. The summed E-state index contributed by atoms with van der Waals surface area (Å²) >= 11 is 5.08. The standard InChI is InChI=1S/C19H13F7N4S/c1-7-18(28-19(31)27-12-4-3-9(20)5-11(12)21)8(2)30(29-7)6-10-13(22)15(24)17(26)16(25)14(10)23/h3-5H,6H2,1-2H3,(H2,27,28,31). The van der Waals surface area contributed by atoms with E-state index in [9.17, 15) is 30.7 Å². The number of aryl methyl sites for hydroxylation is 1. The first-order valence-electron chi connectivity index (χ1n) is 8.58. The van der Waals surface area contributed by atoms with Gasteiger partial charge in [-0.1, -0.05) is 0 Å². The smallest absolute Gasteiger partial charge is 0.200 e. The van der Waals surface area contributed by atoms with E-state index < -0.39 is 52.8 Å². The number of benzene rings is 2. The van der Waals surface area contributed by atoms with Gasteiger partial charge in [0.05, 0.1) is 34.9 Å². The molecule has 0 atom stereocenters. The van der Waals surface area contributed by atoms with Gasteiger partial charge in [0.1, 0.15) is 11.6 Å². The van der Waals surface area contributed by atoms with Gasteiger partial charge >= 0.3 is 0 Å². The van der Waals surface area contributed by atoms with Gasteiger partial charge < -0.3 is 10.6 Å². The van der Waals surface area contributed by atoms with Gasteiger partial charge in [0.15, 0.2) is 28.4 Å². The molecule has 4 nitrogen and oxygen atoms in total. The molecule has 0 saturated carbocycles. The van der Waals surface area contributed by atoms with Gasteiger partial charge in [-0.15, -0.1) is 0 Å². The van der Waals surface area contributed by atoms with E-state index in [4.69, 9.17) is 12.2 Å². The van der Waals surface area contributed by atoms with Crippen molar-refractivity contribution < 1.29 is 30.7 Å². The maximum absolute atomic E-state index is 14.0. The van der Waals surface area contributed by atoms with E-state index in [1.54, 1.807) is 0 Å². The molecular formula is C19H13F7N4S. The van der Waals surface area contributed by atoms with Crippen LogP contribution >= 0.6 is 12.2 Å². The van der Waals surface area contributed by atoms with E-state index in [1.807, 2.05) is 0 Å². The number of thiocarbonyl (C=S) groups is 1. The lowest BCUT2D eigenvalue weighted by Crippen LogP contribution is -2.20. The predicted octanol–water partition coefficient (Wildman–Crippen LogP) is 5.33. The number of hydrogen-bond acceptors (Lipinski definition) is 2. The highest BCUT2D eigenvalue weighted by Crippen LogP contribution is 2.26. The van der Waals surface area contributed by atoms with Crippen LogP contribution in [0.1, 0.15) is 17.0 Å². The largest absolute Gasteiger partial charge is 0.330 e. The predicted molar refractivity (Wildman–Crippen MR) is 103 cm³/mol. The van der Waals surface area contributed by atoms with E-state index in [0.717, 1.165) is 16.8 Å². The molecule has 0 aliphatic heterocycles. The van der Waals surface area contributed by atoms with Gasteiger partial charge in [-0.25, -0.2) is 30.7 Å². The zero-order valence-electron chi connectivity index (χ0n) is 15.9. The van der Waals surface area contributed by atoms with E-state index in [0.29, 0.717) is 6.07 Å². The molecule has 3 rings (SSSR count). The van der Waals surface area contributed by atoms with Gasteiger partial charge in [-0.2, -0.15) is 5.10 Å². The molecule has 1 heterocycles. The Morgan fingerprint density at radius 3 is 2.06 bits per heavy atom. The number of aromatic nitrogens is 2. The Bertz CT molecular complexity index is 1160. The molecule has 0 unspecified atom stereocenters. The summed E-state index contributed by atoms with van der Waals surface area (Å²) in [5.74, 6) is -11.9. The highest BCUT2D eigenvalue weighted by Gasteiger charge is 2.26. The molecule has 2 aromatic carbocycles. The first-order valence-corrected chi connectivity index (χ1v) is 8.99. The summed E-state index contributed by atoms with van der Waals surface area (Å²) < 4.78 is 95.9. The number of halogens is 7. The molecule has 0 saturated heterocycles. The fraction of sp³-hybridized carbons (Fsp3) is 0.158. The molecule has 0 radical (unpaired) electrons. The van der Waals surface area contributed by atoms with Gasteiger partial charge in [-0.05, 0) is 38.2 Å². The SMILES string of the molecule is Cc1nn(Cc2c(F)c(F)c(F)c(F)c2F)c(C)c1NC(=S)Nc1ccc(F)cc1F. The van der Waals surface area contributed by atoms with Crippen LogP contribution in [0.15, 0.2) is 18.2 Å². The second-order valence-electron chi connectivity index (χ2n) is 6.46. The molecule has 1 aromatic heterocycles. The molecule has 164 valence electrons.